The molecule has 0 unspecified atom stereocenters. The number of carbonyl (C=O) groups is 3. The predicted molar refractivity (Wildman–Crippen MR) is 108 cm³/mol. The normalized spacial score (nSPS) is 10.2. The van der Waals surface area contributed by atoms with Crippen molar-refractivity contribution in [2.75, 3.05) is 27.4 Å². The van der Waals surface area contributed by atoms with E-state index in [9.17, 15) is 14.4 Å². The van der Waals surface area contributed by atoms with Crippen LogP contribution >= 0.6 is 0 Å². The van der Waals surface area contributed by atoms with Crippen LogP contribution in [-0.4, -0.2) is 45.0 Å². The van der Waals surface area contributed by atoms with Crippen LogP contribution in [-0.2, 0) is 16.0 Å². The summed E-state index contributed by atoms with van der Waals surface area (Å²) in [5.41, 5.74) is 1.90. The van der Waals surface area contributed by atoms with Crippen molar-refractivity contribution in [3.8, 4) is 11.5 Å². The lowest BCUT2D eigenvalue weighted by Crippen LogP contribution is -2.31. The van der Waals surface area contributed by atoms with Crippen LogP contribution in [0, 0.1) is 0 Å². The van der Waals surface area contributed by atoms with Gasteiger partial charge in [-0.1, -0.05) is 37.6 Å². The van der Waals surface area contributed by atoms with E-state index in [0.29, 0.717) is 17.1 Å². The zero-order valence-corrected chi connectivity index (χ0v) is 16.8. The number of methoxy groups -OCH3 is 2. The number of aryl methyl sites for hydroxylation is 1. The molecule has 0 fully saturated rings. The molecule has 0 aliphatic rings. The second-order valence-corrected chi connectivity index (χ2v) is 6.31. The molecule has 29 heavy (non-hydrogen) atoms. The van der Waals surface area contributed by atoms with Crippen LogP contribution in [0.2, 0.25) is 0 Å². The highest BCUT2D eigenvalue weighted by molar-refractivity contribution is 5.99. The number of ketones is 1. The van der Waals surface area contributed by atoms with Crippen molar-refractivity contribution >= 4 is 17.7 Å². The smallest absolute Gasteiger partial charge is 0.325 e. The number of esters is 1. The Bertz CT molecular complexity index is 838. The first kappa shape index (κ1) is 21.9. The van der Waals surface area contributed by atoms with Crippen LogP contribution in [0.4, 0.5) is 0 Å². The number of carbonyl (C=O) groups excluding carboxylic acids is 3. The summed E-state index contributed by atoms with van der Waals surface area (Å²) in [7, 11) is 2.95. The highest BCUT2D eigenvalue weighted by Crippen LogP contribution is 2.22. The Hall–Kier alpha value is -3.35. The fourth-order valence-electron chi connectivity index (χ4n) is 2.62. The van der Waals surface area contributed by atoms with Gasteiger partial charge in [-0.05, 0) is 24.1 Å². The highest BCUT2D eigenvalue weighted by Gasteiger charge is 2.14. The quantitative estimate of drug-likeness (QED) is 0.488. The van der Waals surface area contributed by atoms with Gasteiger partial charge in [0.15, 0.2) is 12.4 Å². The van der Waals surface area contributed by atoms with Gasteiger partial charge in [-0.25, -0.2) is 0 Å². The maximum absolute atomic E-state index is 12.2. The van der Waals surface area contributed by atoms with Crippen molar-refractivity contribution < 1.29 is 28.6 Å². The van der Waals surface area contributed by atoms with E-state index >= 15 is 0 Å². The molecule has 1 N–H and O–H groups in total. The molecule has 0 heterocycles. The number of hydrogen-bond donors (Lipinski definition) is 1. The Labute approximate surface area is 170 Å². The molecule has 0 atom stereocenters. The van der Waals surface area contributed by atoms with E-state index in [-0.39, 0.29) is 24.5 Å². The van der Waals surface area contributed by atoms with Crippen LogP contribution in [0.3, 0.4) is 0 Å². The van der Waals surface area contributed by atoms with Crippen LogP contribution in [0.25, 0.3) is 0 Å². The van der Waals surface area contributed by atoms with E-state index in [4.69, 9.17) is 14.2 Å². The van der Waals surface area contributed by atoms with Crippen molar-refractivity contribution in [1.29, 1.82) is 0 Å². The van der Waals surface area contributed by atoms with Crippen LogP contribution < -0.4 is 14.8 Å². The van der Waals surface area contributed by atoms with Crippen LogP contribution in [0.15, 0.2) is 42.5 Å². The Kier molecular flexibility index (Phi) is 8.21. The third-order valence-electron chi connectivity index (χ3n) is 4.19. The summed E-state index contributed by atoms with van der Waals surface area (Å²) in [5, 5.41) is 2.45. The minimum Gasteiger partial charge on any atom is -0.497 e. The lowest BCUT2D eigenvalue weighted by molar-refractivity contribution is -0.141. The van der Waals surface area contributed by atoms with Gasteiger partial charge in [-0.3, -0.25) is 14.4 Å². The molecule has 0 aliphatic carbocycles. The van der Waals surface area contributed by atoms with Crippen LogP contribution in [0.1, 0.15) is 39.6 Å². The first-order chi connectivity index (χ1) is 14.0. The van der Waals surface area contributed by atoms with Gasteiger partial charge in [0, 0.05) is 17.2 Å². The number of benzene rings is 2. The van der Waals surface area contributed by atoms with Crippen molar-refractivity contribution in [2.45, 2.75) is 19.8 Å². The third kappa shape index (κ3) is 6.64. The van der Waals surface area contributed by atoms with Gasteiger partial charge in [0.25, 0.3) is 5.91 Å². The molecule has 0 bridgehead atoms. The maximum Gasteiger partial charge on any atom is 0.325 e. The summed E-state index contributed by atoms with van der Waals surface area (Å²) in [6.45, 7) is 1.35. The van der Waals surface area contributed by atoms with Gasteiger partial charge in [0.05, 0.1) is 14.2 Å². The number of Topliss-reactive ketones (excluding diaryl/α,β-unsaturated/α-hetero) is 1. The SMILES string of the molecule is CCCc1ccc(C(=O)COC(=O)CNC(=O)c2cc(OC)cc(OC)c2)cc1. The summed E-state index contributed by atoms with van der Waals surface area (Å²) in [6.07, 6.45) is 1.97. The first-order valence-corrected chi connectivity index (χ1v) is 9.25. The van der Waals surface area contributed by atoms with Crippen molar-refractivity contribution in [1.82, 2.24) is 5.32 Å². The van der Waals surface area contributed by atoms with E-state index in [1.165, 1.54) is 26.4 Å². The molecule has 0 aliphatic heterocycles. The molecule has 2 rings (SSSR count). The highest BCUT2D eigenvalue weighted by atomic mass is 16.5. The van der Waals surface area contributed by atoms with E-state index in [2.05, 4.69) is 12.2 Å². The lowest BCUT2D eigenvalue weighted by Gasteiger charge is -2.09. The fourth-order valence-corrected chi connectivity index (χ4v) is 2.62. The largest absolute Gasteiger partial charge is 0.497 e. The van der Waals surface area contributed by atoms with Crippen molar-refractivity contribution in [3.05, 3.63) is 59.2 Å². The molecule has 0 radical (unpaired) electrons. The summed E-state index contributed by atoms with van der Waals surface area (Å²) < 4.78 is 15.2. The molecule has 7 heteroatoms. The van der Waals surface area contributed by atoms with Gasteiger partial charge in [0.1, 0.15) is 18.0 Å². The average molecular weight is 399 g/mol. The second kappa shape index (κ2) is 10.8. The van der Waals surface area contributed by atoms with Crippen LogP contribution in [0.5, 0.6) is 11.5 Å². The lowest BCUT2D eigenvalue weighted by atomic mass is 10.1. The van der Waals surface area contributed by atoms with Gasteiger partial charge in [-0.2, -0.15) is 0 Å². The molecule has 0 saturated heterocycles. The fraction of sp³-hybridized carbons (Fsp3) is 0.318. The Morgan fingerprint density at radius 2 is 1.52 bits per heavy atom. The molecular weight excluding hydrogens is 374 g/mol. The molecule has 0 saturated carbocycles. The number of ether oxygens (including phenoxy) is 3. The summed E-state index contributed by atoms with van der Waals surface area (Å²) >= 11 is 0. The number of amides is 1. The van der Waals surface area contributed by atoms with Crippen molar-refractivity contribution in [3.63, 3.8) is 0 Å². The minimum absolute atomic E-state index is 0.275. The van der Waals surface area contributed by atoms with Gasteiger partial charge >= 0.3 is 5.97 Å². The number of hydrogen-bond acceptors (Lipinski definition) is 6. The van der Waals surface area contributed by atoms with Crippen molar-refractivity contribution in [2.24, 2.45) is 0 Å². The summed E-state index contributed by atoms with van der Waals surface area (Å²) in [6, 6.07) is 11.9. The molecule has 2 aromatic rings. The number of rotatable bonds is 10. The monoisotopic (exact) mass is 399 g/mol. The zero-order valence-electron chi connectivity index (χ0n) is 16.8. The first-order valence-electron chi connectivity index (χ1n) is 9.25. The standard InChI is InChI=1S/C22H25NO6/c1-4-5-15-6-8-16(9-7-15)20(24)14-29-21(25)13-23-22(26)17-10-18(27-2)12-19(11-17)28-3/h6-12H,4-5,13-14H2,1-3H3,(H,23,26). The molecule has 2 aromatic carbocycles. The maximum atomic E-state index is 12.2. The Morgan fingerprint density at radius 3 is 2.07 bits per heavy atom. The Morgan fingerprint density at radius 1 is 0.897 bits per heavy atom. The van der Waals surface area contributed by atoms with Gasteiger partial charge < -0.3 is 19.5 Å². The summed E-state index contributed by atoms with van der Waals surface area (Å²) in [5.74, 6) is -0.591. The van der Waals surface area contributed by atoms with E-state index < -0.39 is 11.9 Å². The minimum atomic E-state index is -0.704. The molecule has 1 amide bonds. The van der Waals surface area contributed by atoms with E-state index in [1.807, 2.05) is 12.1 Å². The van der Waals surface area contributed by atoms with Gasteiger partial charge in [-0.15, -0.1) is 0 Å². The van der Waals surface area contributed by atoms with E-state index in [1.54, 1.807) is 18.2 Å². The predicted octanol–water partition coefficient (Wildman–Crippen LogP) is 2.81. The summed E-state index contributed by atoms with van der Waals surface area (Å²) in [4.78, 5) is 36.2. The third-order valence-corrected chi connectivity index (χ3v) is 4.19. The molecule has 154 valence electrons. The zero-order chi connectivity index (χ0) is 21.2. The average Bonchev–Trinajstić information content (AvgIpc) is 2.76. The molecule has 0 aromatic heterocycles. The molecule has 7 nitrogen and oxygen atoms in total. The second-order valence-electron chi connectivity index (χ2n) is 6.31. The number of nitrogens with one attached hydrogen (secondary N) is 1. The Balaban J connectivity index is 1.83. The molecular formula is C22H25NO6. The van der Waals surface area contributed by atoms with E-state index in [0.717, 1.165) is 18.4 Å². The molecule has 0 spiro atoms. The van der Waals surface area contributed by atoms with Gasteiger partial charge in [0.2, 0.25) is 0 Å². The topological polar surface area (TPSA) is 90.9 Å².